The normalized spacial score (nSPS) is 11.9. The second-order valence-electron chi connectivity index (χ2n) is 6.35. The first-order valence-corrected chi connectivity index (χ1v) is 10.5. The lowest BCUT2D eigenvalue weighted by molar-refractivity contribution is 0.585. The van der Waals surface area contributed by atoms with Crippen molar-refractivity contribution in [1.82, 2.24) is 24.3 Å². The van der Waals surface area contributed by atoms with Gasteiger partial charge >= 0.3 is 0 Å². The zero-order chi connectivity index (χ0) is 20.8. The first kappa shape index (κ1) is 19.1. The molecule has 0 radical (unpaired) electrons. The highest BCUT2D eigenvalue weighted by Gasteiger charge is 2.23. The summed E-state index contributed by atoms with van der Waals surface area (Å²) in [6.07, 6.45) is 6.08. The molecule has 10 heteroatoms. The first-order chi connectivity index (χ1) is 13.8. The molecule has 0 amide bonds. The van der Waals surface area contributed by atoms with Crippen molar-refractivity contribution in [3.8, 4) is 22.6 Å². The van der Waals surface area contributed by atoms with Crippen molar-refractivity contribution in [2.45, 2.75) is 18.5 Å². The number of halogens is 2. The Kier molecular flexibility index (Phi) is 4.58. The molecule has 148 valence electrons. The van der Waals surface area contributed by atoms with Gasteiger partial charge in [0.25, 0.3) is 0 Å². The molecule has 0 aliphatic heterocycles. The van der Waals surface area contributed by atoms with Gasteiger partial charge in [-0.3, -0.25) is 9.38 Å². The molecule has 4 aromatic rings. The number of fused-ring (bicyclic) bond motifs is 1. The summed E-state index contributed by atoms with van der Waals surface area (Å²) in [4.78, 5) is 16.8. The fraction of sp³-hybridized carbons (Fsp3) is 0.158. The quantitative estimate of drug-likeness (QED) is 0.476. The van der Waals surface area contributed by atoms with Gasteiger partial charge in [0.15, 0.2) is 5.65 Å². The van der Waals surface area contributed by atoms with E-state index in [4.69, 9.17) is 0 Å². The summed E-state index contributed by atoms with van der Waals surface area (Å²) in [6, 6.07) is 4.69. The third-order valence-electron chi connectivity index (χ3n) is 4.34. The lowest BCUT2D eigenvalue weighted by Crippen LogP contribution is -2.05. The van der Waals surface area contributed by atoms with Crippen molar-refractivity contribution >= 4 is 15.5 Å². The van der Waals surface area contributed by atoms with E-state index in [0.717, 1.165) is 18.4 Å². The van der Waals surface area contributed by atoms with E-state index in [1.54, 1.807) is 16.8 Å². The topological polar surface area (TPSA) is 90.1 Å². The molecule has 0 spiro atoms. The number of aryl methyl sites for hydroxylation is 1. The molecule has 29 heavy (non-hydrogen) atoms. The third kappa shape index (κ3) is 3.35. The molecule has 0 N–H and O–H groups in total. The Morgan fingerprint density at radius 1 is 1.07 bits per heavy atom. The van der Waals surface area contributed by atoms with Gasteiger partial charge in [-0.1, -0.05) is 6.92 Å². The van der Waals surface area contributed by atoms with Crippen LogP contribution in [0.5, 0.6) is 0 Å². The second kappa shape index (κ2) is 6.96. The number of imidazole rings is 1. The maximum Gasteiger partial charge on any atom is 0.247 e. The zero-order valence-corrected chi connectivity index (χ0v) is 16.3. The van der Waals surface area contributed by atoms with E-state index in [2.05, 4.69) is 19.9 Å². The Labute approximate surface area is 165 Å². The molecule has 0 fully saturated rings. The molecule has 0 saturated carbocycles. The smallest absolute Gasteiger partial charge is 0.247 e. The first-order valence-electron chi connectivity index (χ1n) is 8.64. The van der Waals surface area contributed by atoms with E-state index >= 15 is 0 Å². The van der Waals surface area contributed by atoms with Crippen LogP contribution in [0, 0.1) is 11.6 Å². The maximum atomic E-state index is 14.6. The standard InChI is InChI=1S/C19H15F2N5O2S/c1-3-14-18-25-16(12-5-4-11(20)10-13(12)21)17(26(18)9-8-22-14)15-6-7-23-19(24-15)29(2,27)28/h4-10H,3H2,1-2H3. The highest BCUT2D eigenvalue weighted by atomic mass is 32.2. The van der Waals surface area contributed by atoms with Crippen molar-refractivity contribution in [2.75, 3.05) is 6.26 Å². The predicted molar refractivity (Wildman–Crippen MR) is 102 cm³/mol. The monoisotopic (exact) mass is 415 g/mol. The van der Waals surface area contributed by atoms with Crippen LogP contribution < -0.4 is 0 Å². The molecule has 0 atom stereocenters. The average molecular weight is 415 g/mol. The van der Waals surface area contributed by atoms with Crippen molar-refractivity contribution in [1.29, 1.82) is 0 Å². The Balaban J connectivity index is 2.10. The van der Waals surface area contributed by atoms with Gasteiger partial charge in [0.1, 0.15) is 17.3 Å². The van der Waals surface area contributed by atoms with Gasteiger partial charge in [-0.05, 0) is 24.6 Å². The minimum absolute atomic E-state index is 0.0617. The van der Waals surface area contributed by atoms with Gasteiger partial charge in [-0.15, -0.1) is 0 Å². The lowest BCUT2D eigenvalue weighted by Gasteiger charge is -2.07. The largest absolute Gasteiger partial charge is 0.295 e. The Morgan fingerprint density at radius 2 is 1.86 bits per heavy atom. The van der Waals surface area contributed by atoms with Gasteiger partial charge in [0.05, 0.1) is 17.1 Å². The number of rotatable bonds is 4. The Hall–Kier alpha value is -3.27. The fourth-order valence-corrected chi connectivity index (χ4v) is 3.56. The fourth-order valence-electron chi connectivity index (χ4n) is 3.04. The molecule has 0 aliphatic rings. The summed E-state index contributed by atoms with van der Waals surface area (Å²) in [5, 5.41) is -0.361. The molecule has 0 aliphatic carbocycles. The molecule has 0 unspecified atom stereocenters. The van der Waals surface area contributed by atoms with Crippen LogP contribution in [0.4, 0.5) is 8.78 Å². The summed E-state index contributed by atoms with van der Waals surface area (Å²) in [5.41, 5.74) is 1.99. The van der Waals surface area contributed by atoms with E-state index in [1.165, 1.54) is 18.3 Å². The molecule has 0 saturated heterocycles. The molecule has 3 heterocycles. The van der Waals surface area contributed by atoms with Crippen LogP contribution in [0.1, 0.15) is 12.6 Å². The Bertz CT molecular complexity index is 1350. The van der Waals surface area contributed by atoms with E-state index in [-0.39, 0.29) is 22.1 Å². The van der Waals surface area contributed by atoms with E-state index in [1.807, 2.05) is 6.92 Å². The van der Waals surface area contributed by atoms with Crippen LogP contribution in [-0.4, -0.2) is 39.0 Å². The number of sulfone groups is 1. The SMILES string of the molecule is CCc1nccn2c(-c3ccnc(S(C)(=O)=O)n3)c(-c3ccc(F)cc3F)nc12. The van der Waals surface area contributed by atoms with Crippen molar-refractivity contribution < 1.29 is 17.2 Å². The van der Waals surface area contributed by atoms with E-state index in [9.17, 15) is 17.2 Å². The molecular formula is C19H15F2N5O2S. The second-order valence-corrected chi connectivity index (χ2v) is 8.26. The summed E-state index contributed by atoms with van der Waals surface area (Å²) in [6.45, 7) is 1.90. The summed E-state index contributed by atoms with van der Waals surface area (Å²) < 4.78 is 53.5. The van der Waals surface area contributed by atoms with Gasteiger partial charge in [-0.2, -0.15) is 0 Å². The molecule has 1 aromatic carbocycles. The van der Waals surface area contributed by atoms with Gasteiger partial charge in [0, 0.05) is 36.5 Å². The number of hydrogen-bond donors (Lipinski definition) is 0. The summed E-state index contributed by atoms with van der Waals surface area (Å²) >= 11 is 0. The van der Waals surface area contributed by atoms with Crippen LogP contribution in [0.25, 0.3) is 28.3 Å². The van der Waals surface area contributed by atoms with Crippen LogP contribution in [0.3, 0.4) is 0 Å². The average Bonchev–Trinajstić information content (AvgIpc) is 3.06. The molecule has 4 rings (SSSR count). The number of nitrogens with zero attached hydrogens (tertiary/aromatic N) is 5. The molecule has 3 aromatic heterocycles. The van der Waals surface area contributed by atoms with Crippen LogP contribution in [0.2, 0.25) is 0 Å². The summed E-state index contributed by atoms with van der Waals surface area (Å²) in [5.74, 6) is -1.51. The highest BCUT2D eigenvalue weighted by molar-refractivity contribution is 7.90. The third-order valence-corrected chi connectivity index (χ3v) is 5.20. The van der Waals surface area contributed by atoms with Crippen molar-refractivity contribution in [3.05, 3.63) is 60.2 Å². The minimum Gasteiger partial charge on any atom is -0.295 e. The molecule has 0 bridgehead atoms. The van der Waals surface area contributed by atoms with Gasteiger partial charge in [-0.25, -0.2) is 32.2 Å². The van der Waals surface area contributed by atoms with E-state index < -0.39 is 21.5 Å². The maximum absolute atomic E-state index is 14.6. The number of hydrogen-bond acceptors (Lipinski definition) is 6. The minimum atomic E-state index is -3.66. The zero-order valence-electron chi connectivity index (χ0n) is 15.5. The van der Waals surface area contributed by atoms with Crippen LogP contribution in [-0.2, 0) is 16.3 Å². The predicted octanol–water partition coefficient (Wildman–Crippen LogP) is 3.10. The summed E-state index contributed by atoms with van der Waals surface area (Å²) in [7, 11) is -3.66. The Morgan fingerprint density at radius 3 is 2.55 bits per heavy atom. The van der Waals surface area contributed by atoms with Gasteiger partial charge < -0.3 is 0 Å². The van der Waals surface area contributed by atoms with E-state index in [0.29, 0.717) is 23.5 Å². The molecular weight excluding hydrogens is 400 g/mol. The number of benzene rings is 1. The van der Waals surface area contributed by atoms with Crippen LogP contribution >= 0.6 is 0 Å². The highest BCUT2D eigenvalue weighted by Crippen LogP contribution is 2.34. The lowest BCUT2D eigenvalue weighted by atomic mass is 10.1. The van der Waals surface area contributed by atoms with Crippen molar-refractivity contribution in [3.63, 3.8) is 0 Å². The number of aromatic nitrogens is 5. The van der Waals surface area contributed by atoms with Crippen molar-refractivity contribution in [2.24, 2.45) is 0 Å². The van der Waals surface area contributed by atoms with Crippen LogP contribution in [0.15, 0.2) is 48.0 Å². The van der Waals surface area contributed by atoms with Gasteiger partial charge in [0.2, 0.25) is 15.0 Å². The molecule has 7 nitrogen and oxygen atoms in total.